The van der Waals surface area contributed by atoms with Crippen molar-refractivity contribution in [3.05, 3.63) is 12.7 Å². The van der Waals surface area contributed by atoms with Crippen LogP contribution in [0, 0.1) is 0 Å². The van der Waals surface area contributed by atoms with Gasteiger partial charge in [-0.25, -0.2) is 0 Å². The van der Waals surface area contributed by atoms with E-state index in [1.54, 1.807) is 26.9 Å². The molecule has 2 heteroatoms. The third kappa shape index (κ3) is 4.41. The first-order chi connectivity index (χ1) is 2.41. The van der Waals surface area contributed by atoms with Crippen molar-refractivity contribution in [2.75, 3.05) is 6.61 Å². The molecular formula is C3H5OTi. The van der Waals surface area contributed by atoms with E-state index >= 15 is 0 Å². The van der Waals surface area contributed by atoms with Crippen molar-refractivity contribution < 1.29 is 24.1 Å². The summed E-state index contributed by atoms with van der Waals surface area (Å²) < 4.78 is 4.57. The van der Waals surface area contributed by atoms with Crippen LogP contribution in [0.4, 0.5) is 0 Å². The van der Waals surface area contributed by atoms with Crippen LogP contribution >= 0.6 is 0 Å². The van der Waals surface area contributed by atoms with Crippen LogP contribution in [0.2, 0.25) is 0 Å². The summed E-state index contributed by atoms with van der Waals surface area (Å²) in [4.78, 5) is 0. The first kappa shape index (κ1) is 5.41. The van der Waals surface area contributed by atoms with Gasteiger partial charge in [-0.3, -0.25) is 0 Å². The maximum absolute atomic E-state index is 4.57. The Morgan fingerprint density at radius 2 is 2.60 bits per heavy atom. The summed E-state index contributed by atoms with van der Waals surface area (Å²) in [5.41, 5.74) is 0. The van der Waals surface area contributed by atoms with Gasteiger partial charge in [0.1, 0.15) is 0 Å². The molecule has 0 aliphatic heterocycles. The van der Waals surface area contributed by atoms with Gasteiger partial charge < -0.3 is 0 Å². The fraction of sp³-hybridized carbons (Fsp3) is 0.333. The van der Waals surface area contributed by atoms with Gasteiger partial charge in [0.2, 0.25) is 0 Å². The molecule has 0 heterocycles. The summed E-state index contributed by atoms with van der Waals surface area (Å²) in [6.07, 6.45) is 1.71. The molecule has 0 aromatic rings. The van der Waals surface area contributed by atoms with Crippen molar-refractivity contribution >= 4 is 0 Å². The Kier molecular flexibility index (Phi) is 4.78. The number of hydrogen-bond donors (Lipinski definition) is 0. The summed E-state index contributed by atoms with van der Waals surface area (Å²) in [6, 6.07) is 0. The second-order valence-electron chi connectivity index (χ2n) is 0.600. The molecule has 0 aliphatic carbocycles. The second-order valence-corrected chi connectivity index (χ2v) is 1.05. The van der Waals surface area contributed by atoms with Crippen molar-refractivity contribution in [1.82, 2.24) is 0 Å². The van der Waals surface area contributed by atoms with Gasteiger partial charge in [0, 0.05) is 0 Å². The molecule has 0 amide bonds. The third-order valence-corrected chi connectivity index (χ3v) is 0.461. The Hall–Kier alpha value is 0.414. The minimum atomic E-state index is 0.653. The molecule has 0 aromatic heterocycles. The maximum atomic E-state index is 4.57. The van der Waals surface area contributed by atoms with E-state index in [1.807, 2.05) is 0 Å². The van der Waals surface area contributed by atoms with E-state index in [-0.39, 0.29) is 0 Å². The molecule has 0 bridgehead atoms. The molecule has 0 N–H and O–H groups in total. The molecule has 0 saturated carbocycles. The van der Waals surface area contributed by atoms with Crippen molar-refractivity contribution in [1.29, 1.82) is 0 Å². The summed E-state index contributed by atoms with van der Waals surface area (Å²) in [6.45, 7) is 4.08. The van der Waals surface area contributed by atoms with Crippen molar-refractivity contribution in [3.8, 4) is 0 Å². The Balaban J connectivity index is 2.40. The van der Waals surface area contributed by atoms with Crippen molar-refractivity contribution in [2.24, 2.45) is 0 Å². The predicted octanol–water partition coefficient (Wildman–Crippen LogP) is 0.651. The van der Waals surface area contributed by atoms with Crippen LogP contribution in [-0.2, 0) is 24.1 Å². The van der Waals surface area contributed by atoms with Gasteiger partial charge in [-0.15, -0.1) is 0 Å². The van der Waals surface area contributed by atoms with Crippen LogP contribution in [0.3, 0.4) is 0 Å². The molecule has 0 rings (SSSR count). The molecule has 0 atom stereocenters. The molecule has 0 radical (unpaired) electrons. The summed E-state index contributed by atoms with van der Waals surface area (Å²) in [5.74, 6) is 0. The fourth-order valence-electron chi connectivity index (χ4n) is 0.0589. The Morgan fingerprint density at radius 1 is 2.00 bits per heavy atom. The van der Waals surface area contributed by atoms with E-state index in [1.165, 1.54) is 0 Å². The molecule has 5 heavy (non-hydrogen) atoms. The Bertz CT molecular complexity index is 28.1. The Labute approximate surface area is 43.9 Å². The van der Waals surface area contributed by atoms with Crippen LogP contribution in [-0.4, -0.2) is 6.61 Å². The fourth-order valence-corrected chi connectivity index (χ4v) is 0.243. The topological polar surface area (TPSA) is 9.23 Å². The average molecular weight is 105 g/mol. The molecule has 0 aromatic carbocycles. The zero-order valence-electron chi connectivity index (χ0n) is 2.90. The summed E-state index contributed by atoms with van der Waals surface area (Å²) in [7, 11) is 0. The van der Waals surface area contributed by atoms with E-state index in [9.17, 15) is 0 Å². The molecule has 27 valence electrons. The van der Waals surface area contributed by atoms with Gasteiger partial charge in [-0.1, -0.05) is 0 Å². The van der Waals surface area contributed by atoms with Crippen LogP contribution in [0.5, 0.6) is 0 Å². The normalized spacial score (nSPS) is 7.00. The zero-order chi connectivity index (χ0) is 4.12. The molecule has 0 fully saturated rings. The van der Waals surface area contributed by atoms with Crippen LogP contribution in [0.1, 0.15) is 0 Å². The van der Waals surface area contributed by atoms with Gasteiger partial charge in [-0.2, -0.15) is 0 Å². The van der Waals surface area contributed by atoms with Gasteiger partial charge in [0.25, 0.3) is 0 Å². The molecule has 0 spiro atoms. The first-order valence-corrected chi connectivity index (χ1v) is 1.95. The summed E-state index contributed by atoms with van der Waals surface area (Å²) in [5, 5.41) is 0. The second kappa shape index (κ2) is 4.41. The predicted molar refractivity (Wildman–Crippen MR) is 16.1 cm³/mol. The van der Waals surface area contributed by atoms with E-state index in [0.29, 0.717) is 6.61 Å². The monoisotopic (exact) mass is 105 g/mol. The van der Waals surface area contributed by atoms with Crippen molar-refractivity contribution in [3.63, 3.8) is 0 Å². The molecule has 0 aliphatic rings. The minimum absolute atomic E-state index is 0.653. The van der Waals surface area contributed by atoms with Gasteiger partial charge >= 0.3 is 43.4 Å². The van der Waals surface area contributed by atoms with Crippen molar-refractivity contribution in [2.45, 2.75) is 0 Å². The molecule has 1 nitrogen and oxygen atoms in total. The zero-order valence-corrected chi connectivity index (χ0v) is 4.46. The standard InChI is InChI=1S/C3H5O.Ti/c1-2-3-4;/h2H,1,3H2;/q-1;+1. The molecule has 0 saturated heterocycles. The first-order valence-electron chi connectivity index (χ1n) is 1.31. The molecule has 0 unspecified atom stereocenters. The van der Waals surface area contributed by atoms with Gasteiger partial charge in [-0.05, 0) is 0 Å². The van der Waals surface area contributed by atoms with E-state index in [0.717, 1.165) is 0 Å². The van der Waals surface area contributed by atoms with Crippen LogP contribution in [0.25, 0.3) is 0 Å². The van der Waals surface area contributed by atoms with Crippen LogP contribution < -0.4 is 0 Å². The van der Waals surface area contributed by atoms with E-state index < -0.39 is 0 Å². The molecular weight excluding hydrogens is 99.9 g/mol. The number of hydrogen-bond acceptors (Lipinski definition) is 1. The average Bonchev–Trinajstić information content (AvgIpc) is 1.41. The van der Waals surface area contributed by atoms with Gasteiger partial charge in [0.15, 0.2) is 0 Å². The summed E-state index contributed by atoms with van der Waals surface area (Å²) >= 11 is 1.64. The van der Waals surface area contributed by atoms with E-state index in [4.69, 9.17) is 0 Å². The van der Waals surface area contributed by atoms with Crippen LogP contribution in [0.15, 0.2) is 12.7 Å². The third-order valence-electron chi connectivity index (χ3n) is 0.201. The quantitative estimate of drug-likeness (QED) is 0.370. The SMILES string of the molecule is C=CC[O][Ti]. The number of rotatable bonds is 2. The Morgan fingerprint density at radius 3 is 2.60 bits per heavy atom. The van der Waals surface area contributed by atoms with E-state index in [2.05, 4.69) is 9.90 Å². The van der Waals surface area contributed by atoms with Gasteiger partial charge in [0.05, 0.1) is 0 Å².